The Kier molecular flexibility index (Phi) is 3.73. The first kappa shape index (κ1) is 9.40. The van der Waals surface area contributed by atoms with Crippen molar-refractivity contribution in [3.63, 3.8) is 0 Å². The first-order chi connectivity index (χ1) is 5.25. The van der Waals surface area contributed by atoms with Gasteiger partial charge in [0.2, 0.25) is 0 Å². The molecule has 2 atom stereocenters. The molecule has 0 aliphatic carbocycles. The number of thioether (sulfide) groups is 1. The minimum atomic E-state index is 0.899. The lowest BCUT2D eigenvalue weighted by atomic mass is 9.85. The average molecular weight is 173 g/mol. The molecule has 66 valence electrons. The molecule has 1 fully saturated rings. The van der Waals surface area contributed by atoms with Crippen molar-refractivity contribution in [1.82, 2.24) is 5.32 Å². The van der Waals surface area contributed by atoms with Crippen LogP contribution in [-0.2, 0) is 0 Å². The zero-order valence-corrected chi connectivity index (χ0v) is 8.58. The molecular formula is C9H19NS. The van der Waals surface area contributed by atoms with Gasteiger partial charge in [0.25, 0.3) is 0 Å². The van der Waals surface area contributed by atoms with Gasteiger partial charge in [-0.3, -0.25) is 0 Å². The highest BCUT2D eigenvalue weighted by Crippen LogP contribution is 2.32. The normalized spacial score (nSPS) is 39.0. The van der Waals surface area contributed by atoms with E-state index in [0.29, 0.717) is 0 Å². The molecule has 1 rings (SSSR count). The molecule has 1 aliphatic rings. The molecule has 0 aromatic rings. The van der Waals surface area contributed by atoms with Gasteiger partial charge in [-0.05, 0) is 42.9 Å². The van der Waals surface area contributed by atoms with Gasteiger partial charge >= 0.3 is 0 Å². The van der Waals surface area contributed by atoms with E-state index in [4.69, 9.17) is 0 Å². The maximum Gasteiger partial charge on any atom is -0.00178 e. The second kappa shape index (κ2) is 4.36. The molecule has 1 saturated heterocycles. The third-order valence-electron chi connectivity index (χ3n) is 2.66. The van der Waals surface area contributed by atoms with E-state index in [1.54, 1.807) is 0 Å². The van der Waals surface area contributed by atoms with Gasteiger partial charge in [0, 0.05) is 0 Å². The summed E-state index contributed by atoms with van der Waals surface area (Å²) < 4.78 is 0. The summed E-state index contributed by atoms with van der Waals surface area (Å²) in [7, 11) is 2.06. The van der Waals surface area contributed by atoms with Crippen molar-refractivity contribution in [1.29, 1.82) is 0 Å². The fraction of sp³-hybridized carbons (Fsp3) is 1.00. The van der Waals surface area contributed by atoms with Crippen LogP contribution < -0.4 is 5.32 Å². The van der Waals surface area contributed by atoms with E-state index < -0.39 is 0 Å². The van der Waals surface area contributed by atoms with E-state index in [9.17, 15) is 0 Å². The molecule has 0 spiro atoms. The van der Waals surface area contributed by atoms with E-state index >= 15 is 0 Å². The summed E-state index contributed by atoms with van der Waals surface area (Å²) in [5, 5.41) is 3.29. The quantitative estimate of drug-likeness (QED) is 0.684. The van der Waals surface area contributed by atoms with Crippen LogP contribution in [0, 0.1) is 17.8 Å². The van der Waals surface area contributed by atoms with Gasteiger partial charge in [-0.2, -0.15) is 11.8 Å². The van der Waals surface area contributed by atoms with Crippen molar-refractivity contribution in [2.24, 2.45) is 17.8 Å². The summed E-state index contributed by atoms with van der Waals surface area (Å²) in [6.45, 7) is 5.96. The summed E-state index contributed by atoms with van der Waals surface area (Å²) in [5.41, 5.74) is 0. The number of hydrogen-bond donors (Lipinski definition) is 1. The maximum atomic E-state index is 3.29. The van der Waals surface area contributed by atoms with E-state index in [2.05, 4.69) is 38.0 Å². The number of nitrogens with one attached hydrogen (secondary N) is 1. The molecule has 0 aromatic carbocycles. The lowest BCUT2D eigenvalue weighted by molar-refractivity contribution is 0.280. The Morgan fingerprint density at radius 3 is 2.27 bits per heavy atom. The molecular weight excluding hydrogens is 154 g/mol. The smallest absolute Gasteiger partial charge is 0.00178 e. The molecule has 11 heavy (non-hydrogen) atoms. The third-order valence-corrected chi connectivity index (χ3v) is 4.19. The summed E-state index contributed by atoms with van der Waals surface area (Å²) in [4.78, 5) is 0. The van der Waals surface area contributed by atoms with E-state index in [0.717, 1.165) is 17.8 Å². The maximum absolute atomic E-state index is 3.29. The lowest BCUT2D eigenvalue weighted by Crippen LogP contribution is -2.35. The Morgan fingerprint density at radius 1 is 1.27 bits per heavy atom. The molecule has 0 saturated carbocycles. The fourth-order valence-corrected chi connectivity index (χ4v) is 3.26. The van der Waals surface area contributed by atoms with Crippen LogP contribution in [0.5, 0.6) is 0 Å². The largest absolute Gasteiger partial charge is 0.319 e. The Bertz CT molecular complexity index is 106. The van der Waals surface area contributed by atoms with Crippen LogP contribution in [0.4, 0.5) is 0 Å². The van der Waals surface area contributed by atoms with Gasteiger partial charge in [0.15, 0.2) is 0 Å². The van der Waals surface area contributed by atoms with Crippen molar-refractivity contribution < 1.29 is 0 Å². The summed E-state index contributed by atoms with van der Waals surface area (Å²) in [6.07, 6.45) is 0. The highest BCUT2D eigenvalue weighted by Gasteiger charge is 2.26. The minimum absolute atomic E-state index is 0.899. The first-order valence-corrected chi connectivity index (χ1v) is 5.63. The van der Waals surface area contributed by atoms with Crippen molar-refractivity contribution in [3.05, 3.63) is 0 Å². The molecule has 0 bridgehead atoms. The van der Waals surface area contributed by atoms with Gasteiger partial charge in [-0.1, -0.05) is 13.8 Å². The van der Waals surface area contributed by atoms with E-state index in [-0.39, 0.29) is 0 Å². The molecule has 1 nitrogen and oxygen atoms in total. The van der Waals surface area contributed by atoms with Crippen molar-refractivity contribution in [2.75, 3.05) is 25.1 Å². The SMILES string of the molecule is CNCC1C(C)CSCC1C. The molecule has 0 aromatic heterocycles. The standard InChI is InChI=1S/C9H19NS/c1-7-5-11-6-8(2)9(7)4-10-3/h7-10H,4-6H2,1-3H3. The summed E-state index contributed by atoms with van der Waals surface area (Å²) >= 11 is 2.11. The minimum Gasteiger partial charge on any atom is -0.319 e. The van der Waals surface area contributed by atoms with Gasteiger partial charge in [-0.15, -0.1) is 0 Å². The van der Waals surface area contributed by atoms with Gasteiger partial charge in [-0.25, -0.2) is 0 Å². The monoisotopic (exact) mass is 173 g/mol. The first-order valence-electron chi connectivity index (χ1n) is 4.48. The molecule has 0 radical (unpaired) electrons. The zero-order valence-electron chi connectivity index (χ0n) is 7.76. The third kappa shape index (κ3) is 2.38. The average Bonchev–Trinajstić information content (AvgIpc) is 1.97. The van der Waals surface area contributed by atoms with Crippen LogP contribution in [0.25, 0.3) is 0 Å². The molecule has 2 heteroatoms. The van der Waals surface area contributed by atoms with Crippen LogP contribution in [-0.4, -0.2) is 25.1 Å². The van der Waals surface area contributed by atoms with Crippen LogP contribution in [0.15, 0.2) is 0 Å². The van der Waals surface area contributed by atoms with Crippen LogP contribution >= 0.6 is 11.8 Å². The van der Waals surface area contributed by atoms with Gasteiger partial charge in [0.05, 0.1) is 0 Å². The molecule has 1 N–H and O–H groups in total. The Hall–Kier alpha value is 0.310. The Balaban J connectivity index is 2.41. The fourth-order valence-electron chi connectivity index (χ4n) is 1.89. The highest BCUT2D eigenvalue weighted by molar-refractivity contribution is 7.99. The Morgan fingerprint density at radius 2 is 1.82 bits per heavy atom. The van der Waals surface area contributed by atoms with Crippen LogP contribution in [0.3, 0.4) is 0 Å². The predicted molar refractivity (Wildman–Crippen MR) is 53.1 cm³/mol. The predicted octanol–water partition coefficient (Wildman–Crippen LogP) is 1.84. The topological polar surface area (TPSA) is 12.0 Å². The molecule has 0 amide bonds. The van der Waals surface area contributed by atoms with Crippen molar-refractivity contribution in [3.8, 4) is 0 Å². The highest BCUT2D eigenvalue weighted by atomic mass is 32.2. The molecule has 2 unspecified atom stereocenters. The lowest BCUT2D eigenvalue weighted by Gasteiger charge is -2.33. The molecule has 1 heterocycles. The van der Waals surface area contributed by atoms with Crippen LogP contribution in [0.1, 0.15) is 13.8 Å². The van der Waals surface area contributed by atoms with Crippen molar-refractivity contribution in [2.45, 2.75) is 13.8 Å². The van der Waals surface area contributed by atoms with Crippen LogP contribution in [0.2, 0.25) is 0 Å². The van der Waals surface area contributed by atoms with Crippen molar-refractivity contribution >= 4 is 11.8 Å². The summed E-state index contributed by atoms with van der Waals surface area (Å²) in [5.74, 6) is 5.42. The molecule has 1 aliphatic heterocycles. The van der Waals surface area contributed by atoms with E-state index in [1.807, 2.05) is 0 Å². The number of hydrogen-bond acceptors (Lipinski definition) is 2. The second-order valence-corrected chi connectivity index (χ2v) is 4.79. The van der Waals surface area contributed by atoms with Gasteiger partial charge in [0.1, 0.15) is 0 Å². The van der Waals surface area contributed by atoms with E-state index in [1.165, 1.54) is 18.1 Å². The number of rotatable bonds is 2. The zero-order chi connectivity index (χ0) is 8.27. The van der Waals surface area contributed by atoms with Gasteiger partial charge < -0.3 is 5.32 Å². The summed E-state index contributed by atoms with van der Waals surface area (Å²) in [6, 6.07) is 0. The second-order valence-electron chi connectivity index (χ2n) is 3.71. The Labute approximate surface area is 74.3 Å².